The highest BCUT2D eigenvalue weighted by molar-refractivity contribution is 8.26. The third kappa shape index (κ3) is 5.61. The summed E-state index contributed by atoms with van der Waals surface area (Å²) in [5.41, 5.74) is 2.05. The number of carboxylic acids is 1. The summed E-state index contributed by atoms with van der Waals surface area (Å²) in [5.74, 6) is -0.956. The van der Waals surface area contributed by atoms with E-state index < -0.39 is 5.97 Å². The number of thioether (sulfide) groups is 1. The smallest absolute Gasteiger partial charge is 0.316 e. The van der Waals surface area contributed by atoms with Crippen LogP contribution in [0.5, 0.6) is 6.01 Å². The molecule has 0 atom stereocenters. The van der Waals surface area contributed by atoms with E-state index in [0.717, 1.165) is 12.0 Å². The van der Waals surface area contributed by atoms with Crippen molar-refractivity contribution >= 4 is 46.3 Å². The van der Waals surface area contributed by atoms with E-state index in [1.54, 1.807) is 23.4 Å². The minimum atomic E-state index is -0.806. The molecule has 2 aromatic heterocycles. The molecule has 0 bridgehead atoms. The molecule has 1 aliphatic heterocycles. The fourth-order valence-electron chi connectivity index (χ4n) is 2.80. The van der Waals surface area contributed by atoms with Crippen LogP contribution in [0.15, 0.2) is 35.5 Å². The number of aromatic nitrogens is 3. The Morgan fingerprint density at radius 2 is 2.03 bits per heavy atom. The average Bonchev–Trinajstić information content (AvgIpc) is 3.00. The Balaban J connectivity index is 1.67. The highest BCUT2D eigenvalue weighted by Gasteiger charge is 2.31. The van der Waals surface area contributed by atoms with Gasteiger partial charge in [-0.1, -0.05) is 36.5 Å². The second-order valence-corrected chi connectivity index (χ2v) is 8.12. The van der Waals surface area contributed by atoms with E-state index in [-0.39, 0.29) is 18.3 Å². The van der Waals surface area contributed by atoms with E-state index >= 15 is 0 Å². The van der Waals surface area contributed by atoms with E-state index in [2.05, 4.69) is 15.0 Å². The Hall–Kier alpha value is -2.85. The molecule has 0 aliphatic carbocycles. The Kier molecular flexibility index (Phi) is 7.47. The van der Waals surface area contributed by atoms with Gasteiger partial charge in [0.2, 0.25) is 0 Å². The lowest BCUT2D eigenvalue weighted by Gasteiger charge is -2.13. The second kappa shape index (κ2) is 10.3. The monoisotopic (exact) mass is 444 g/mol. The molecular formula is C20H20N4O4S2. The van der Waals surface area contributed by atoms with Crippen molar-refractivity contribution < 1.29 is 19.4 Å². The molecule has 1 amide bonds. The maximum absolute atomic E-state index is 12.7. The van der Waals surface area contributed by atoms with E-state index in [1.807, 2.05) is 18.2 Å². The van der Waals surface area contributed by atoms with Crippen molar-refractivity contribution in [3.63, 3.8) is 0 Å². The maximum Gasteiger partial charge on any atom is 0.316 e. The largest absolute Gasteiger partial charge is 0.481 e. The first kappa shape index (κ1) is 21.8. The average molecular weight is 445 g/mol. The number of aliphatic carboxylic acids is 1. The van der Waals surface area contributed by atoms with E-state index in [0.29, 0.717) is 40.0 Å². The number of thiocarbonyl (C=S) groups is 1. The fourth-order valence-corrected chi connectivity index (χ4v) is 4.09. The predicted octanol–water partition coefficient (Wildman–Crippen LogP) is 3.39. The number of unbranched alkanes of at least 4 members (excludes halogenated alkanes) is 2. The lowest BCUT2D eigenvalue weighted by molar-refractivity contribution is -0.137. The van der Waals surface area contributed by atoms with Crippen LogP contribution in [0.2, 0.25) is 0 Å². The zero-order valence-corrected chi connectivity index (χ0v) is 17.9. The van der Waals surface area contributed by atoms with Crippen LogP contribution in [0, 0.1) is 0 Å². The minimum absolute atomic E-state index is 0.138. The van der Waals surface area contributed by atoms with Gasteiger partial charge in [0.15, 0.2) is 0 Å². The zero-order chi connectivity index (χ0) is 21.5. The quantitative estimate of drug-likeness (QED) is 0.354. The lowest BCUT2D eigenvalue weighted by Crippen LogP contribution is -2.29. The molecule has 1 aliphatic rings. The number of nitrogens with zero attached hydrogens (tertiary/aromatic N) is 4. The molecule has 10 heteroatoms. The van der Waals surface area contributed by atoms with Crippen LogP contribution in [0.1, 0.15) is 31.4 Å². The van der Waals surface area contributed by atoms with Gasteiger partial charge in [0, 0.05) is 30.9 Å². The molecule has 1 fully saturated rings. The first-order valence-corrected chi connectivity index (χ1v) is 10.5. The van der Waals surface area contributed by atoms with Gasteiger partial charge in [-0.15, -0.1) is 0 Å². The van der Waals surface area contributed by atoms with Gasteiger partial charge in [-0.25, -0.2) is 15.0 Å². The number of carboxylic acid groups (broad SMARTS) is 1. The number of hydrogen-bond acceptors (Lipinski definition) is 8. The van der Waals surface area contributed by atoms with Crippen LogP contribution in [0.3, 0.4) is 0 Å². The Labute approximate surface area is 183 Å². The van der Waals surface area contributed by atoms with Gasteiger partial charge < -0.3 is 9.84 Å². The summed E-state index contributed by atoms with van der Waals surface area (Å²) >= 11 is 6.59. The molecular weight excluding hydrogens is 424 g/mol. The van der Waals surface area contributed by atoms with Crippen LogP contribution >= 0.6 is 24.0 Å². The Bertz CT molecular complexity index is 979. The van der Waals surface area contributed by atoms with Gasteiger partial charge in [-0.2, -0.15) is 0 Å². The summed E-state index contributed by atoms with van der Waals surface area (Å²) in [7, 11) is 1.50. The van der Waals surface area contributed by atoms with Crippen molar-refractivity contribution in [3.8, 4) is 17.3 Å². The molecule has 0 spiro atoms. The molecule has 30 heavy (non-hydrogen) atoms. The van der Waals surface area contributed by atoms with Crippen LogP contribution in [0.25, 0.3) is 17.3 Å². The molecule has 0 saturated carbocycles. The van der Waals surface area contributed by atoms with Gasteiger partial charge in [0.1, 0.15) is 4.32 Å². The molecule has 1 saturated heterocycles. The predicted molar refractivity (Wildman–Crippen MR) is 118 cm³/mol. The van der Waals surface area contributed by atoms with Crippen molar-refractivity contribution in [2.75, 3.05) is 13.7 Å². The summed E-state index contributed by atoms with van der Waals surface area (Å²) < 4.78 is 5.47. The number of methoxy groups -OCH3 is 1. The zero-order valence-electron chi connectivity index (χ0n) is 16.3. The van der Waals surface area contributed by atoms with Crippen LogP contribution in [0.4, 0.5) is 0 Å². The van der Waals surface area contributed by atoms with Crippen LogP contribution in [-0.2, 0) is 9.59 Å². The molecule has 3 rings (SSSR count). The van der Waals surface area contributed by atoms with Crippen molar-refractivity contribution in [1.29, 1.82) is 0 Å². The maximum atomic E-state index is 12.7. The number of carbonyl (C=O) groups excluding carboxylic acids is 1. The van der Waals surface area contributed by atoms with Gasteiger partial charge >= 0.3 is 12.0 Å². The highest BCUT2D eigenvalue weighted by Crippen LogP contribution is 2.32. The summed E-state index contributed by atoms with van der Waals surface area (Å²) in [4.78, 5) is 38.1. The van der Waals surface area contributed by atoms with Crippen LogP contribution in [-0.4, -0.2) is 54.8 Å². The molecule has 2 aromatic rings. The van der Waals surface area contributed by atoms with E-state index in [9.17, 15) is 9.59 Å². The van der Waals surface area contributed by atoms with Crippen molar-refractivity contribution in [2.45, 2.75) is 25.7 Å². The minimum Gasteiger partial charge on any atom is -0.481 e. The molecule has 0 unspecified atom stereocenters. The Morgan fingerprint density at radius 3 is 2.73 bits per heavy atom. The third-order valence-electron chi connectivity index (χ3n) is 4.30. The molecule has 3 heterocycles. The van der Waals surface area contributed by atoms with Gasteiger partial charge in [0.05, 0.1) is 23.4 Å². The molecule has 8 nitrogen and oxygen atoms in total. The van der Waals surface area contributed by atoms with Crippen LogP contribution < -0.4 is 4.74 Å². The van der Waals surface area contributed by atoms with Gasteiger partial charge in [-0.05, 0) is 31.1 Å². The number of pyridine rings is 1. The van der Waals surface area contributed by atoms with E-state index in [4.69, 9.17) is 22.1 Å². The number of rotatable bonds is 9. The Morgan fingerprint density at radius 1 is 1.27 bits per heavy atom. The third-order valence-corrected chi connectivity index (χ3v) is 5.68. The summed E-state index contributed by atoms with van der Waals surface area (Å²) in [6.45, 7) is 0.484. The summed E-state index contributed by atoms with van der Waals surface area (Å²) in [5, 5.41) is 8.68. The number of hydrogen-bond donors (Lipinski definition) is 1. The summed E-state index contributed by atoms with van der Waals surface area (Å²) in [6, 6.07) is 5.78. The van der Waals surface area contributed by atoms with Gasteiger partial charge in [-0.3, -0.25) is 14.5 Å². The first-order chi connectivity index (χ1) is 14.5. The standard InChI is InChI=1S/C20H20N4O4S2/c1-28-19-21-11-13(12-22-19)15-7-5-6-14(23-15)10-16-18(27)24(20(29)30-16)9-4-2-3-8-17(25)26/h5-7,10-12H,2-4,8-9H2,1H3,(H,25,26). The molecule has 1 N–H and O–H groups in total. The normalized spacial score (nSPS) is 15.1. The van der Waals surface area contributed by atoms with Gasteiger partial charge in [0.25, 0.3) is 5.91 Å². The van der Waals surface area contributed by atoms with Crippen molar-refractivity contribution in [1.82, 2.24) is 19.9 Å². The highest BCUT2D eigenvalue weighted by atomic mass is 32.2. The molecule has 156 valence electrons. The van der Waals surface area contributed by atoms with Crippen molar-refractivity contribution in [3.05, 3.63) is 41.2 Å². The fraction of sp³-hybridized carbons (Fsp3) is 0.300. The molecule has 0 aromatic carbocycles. The summed E-state index contributed by atoms with van der Waals surface area (Å²) in [6.07, 6.45) is 7.14. The first-order valence-electron chi connectivity index (χ1n) is 9.28. The number of amides is 1. The van der Waals surface area contributed by atoms with E-state index in [1.165, 1.54) is 18.9 Å². The second-order valence-electron chi connectivity index (χ2n) is 6.44. The SMILES string of the molecule is COc1ncc(-c2cccc(C=C3SC(=S)N(CCCCCC(=O)O)C3=O)n2)cn1. The lowest BCUT2D eigenvalue weighted by atomic mass is 10.2. The topological polar surface area (TPSA) is 106 Å². The van der Waals surface area contributed by atoms with Crippen molar-refractivity contribution in [2.24, 2.45) is 0 Å². The molecule has 0 radical (unpaired) electrons. The number of carbonyl (C=O) groups is 2. The number of ether oxygens (including phenoxy) is 1.